The summed E-state index contributed by atoms with van der Waals surface area (Å²) in [7, 11) is 0. The number of aliphatic hydroxyl groups is 2. The van der Waals surface area contributed by atoms with E-state index in [0.717, 1.165) is 64.4 Å². The Bertz CT molecular complexity index is 647. The fourth-order valence-corrected chi connectivity index (χ4v) is 6.53. The van der Waals surface area contributed by atoms with Crippen molar-refractivity contribution in [3.05, 3.63) is 11.6 Å². The van der Waals surface area contributed by atoms with Crippen molar-refractivity contribution < 1.29 is 23.7 Å². The second-order valence-electron chi connectivity index (χ2n) is 11.3. The molecule has 5 nitrogen and oxygen atoms in total. The van der Waals surface area contributed by atoms with Gasteiger partial charge in [0.1, 0.15) is 12.9 Å². The zero-order valence-electron chi connectivity index (χ0n) is 21.9. The predicted octanol–water partition coefficient (Wildman–Crippen LogP) is 5.96. The molecule has 3 fully saturated rings. The van der Waals surface area contributed by atoms with Crippen LogP contribution in [0.15, 0.2) is 11.6 Å². The van der Waals surface area contributed by atoms with E-state index in [1.54, 1.807) is 0 Å². The van der Waals surface area contributed by atoms with E-state index in [-0.39, 0.29) is 5.41 Å². The Kier molecular flexibility index (Phi) is 9.59. The molecule has 2 heterocycles. The highest BCUT2D eigenvalue weighted by Crippen LogP contribution is 2.55. The van der Waals surface area contributed by atoms with Gasteiger partial charge in [0.2, 0.25) is 0 Å². The normalized spacial score (nSPS) is 34.0. The van der Waals surface area contributed by atoms with Gasteiger partial charge in [0.05, 0.1) is 19.1 Å². The molecule has 190 valence electrons. The molecule has 3 aliphatic rings. The van der Waals surface area contributed by atoms with E-state index in [9.17, 15) is 4.79 Å². The van der Waals surface area contributed by atoms with Crippen LogP contribution in [0.3, 0.4) is 0 Å². The van der Waals surface area contributed by atoms with Crippen LogP contribution < -0.4 is 0 Å². The molecule has 0 radical (unpaired) electrons. The molecule has 5 heteroatoms. The molecule has 33 heavy (non-hydrogen) atoms. The van der Waals surface area contributed by atoms with E-state index in [2.05, 4.69) is 40.7 Å². The number of ether oxygens (including phenoxy) is 4. The fourth-order valence-electron chi connectivity index (χ4n) is 6.53. The Hall–Kier alpha value is -0.750. The van der Waals surface area contributed by atoms with Crippen LogP contribution >= 0.6 is 0 Å². The van der Waals surface area contributed by atoms with Crippen LogP contribution in [0.1, 0.15) is 98.8 Å². The van der Waals surface area contributed by atoms with E-state index in [4.69, 9.17) is 18.9 Å². The third-order valence-corrected chi connectivity index (χ3v) is 8.82. The molecule has 0 amide bonds. The number of carbonyl (C=O) groups is 1. The van der Waals surface area contributed by atoms with Crippen molar-refractivity contribution in [3.63, 3.8) is 0 Å². The maximum Gasteiger partial charge on any atom is 0.275 e. The lowest BCUT2D eigenvalue weighted by Crippen LogP contribution is -2.46. The minimum atomic E-state index is -0.455. The fraction of sp³-hybridized carbons (Fsp3) is 0.893. The molecule has 1 unspecified atom stereocenters. The number of aldehydes is 1. The van der Waals surface area contributed by atoms with Crippen LogP contribution in [-0.4, -0.2) is 49.0 Å². The van der Waals surface area contributed by atoms with Gasteiger partial charge in [0, 0.05) is 19.8 Å². The molecule has 0 aromatic carbocycles. The van der Waals surface area contributed by atoms with Gasteiger partial charge >= 0.3 is 0 Å². The first kappa shape index (κ1) is 26.8. The molecular formula is C28H49O5+. The zero-order chi connectivity index (χ0) is 24.0. The Balaban J connectivity index is 1.56. The van der Waals surface area contributed by atoms with Crippen molar-refractivity contribution >= 4 is 6.29 Å². The van der Waals surface area contributed by atoms with Gasteiger partial charge in [0.15, 0.2) is 12.4 Å². The smallest absolute Gasteiger partial charge is 0.275 e. The number of rotatable bonds is 13. The third-order valence-electron chi connectivity index (χ3n) is 8.82. The van der Waals surface area contributed by atoms with Gasteiger partial charge in [-0.25, -0.2) is 0 Å². The summed E-state index contributed by atoms with van der Waals surface area (Å²) < 4.78 is 22.7. The lowest BCUT2D eigenvalue weighted by Gasteiger charge is -2.39. The molecular weight excluding hydrogens is 416 g/mol. The summed E-state index contributed by atoms with van der Waals surface area (Å²) in [5.41, 5.74) is 1.53. The Labute approximate surface area is 202 Å². The van der Waals surface area contributed by atoms with Crippen LogP contribution in [0.4, 0.5) is 0 Å². The summed E-state index contributed by atoms with van der Waals surface area (Å²) >= 11 is 0. The van der Waals surface area contributed by atoms with Gasteiger partial charge in [-0.1, -0.05) is 45.3 Å². The number of hydrogen-bond acceptors (Lipinski definition) is 4. The van der Waals surface area contributed by atoms with E-state index >= 15 is 0 Å². The molecule has 1 saturated carbocycles. The van der Waals surface area contributed by atoms with Crippen LogP contribution in [0.5, 0.6) is 0 Å². The van der Waals surface area contributed by atoms with Crippen molar-refractivity contribution in [2.75, 3.05) is 26.4 Å². The van der Waals surface area contributed by atoms with Crippen LogP contribution in [0.2, 0.25) is 0 Å². The van der Waals surface area contributed by atoms with E-state index in [1.807, 2.05) is 0 Å². The molecule has 3 rings (SSSR count). The first-order chi connectivity index (χ1) is 15.8. The first-order valence-electron chi connectivity index (χ1n) is 13.5. The summed E-state index contributed by atoms with van der Waals surface area (Å²) in [6.45, 7) is 14.1. The lowest BCUT2D eigenvalue weighted by molar-refractivity contribution is -0.282. The van der Waals surface area contributed by atoms with Gasteiger partial charge in [-0.3, -0.25) is 0 Å². The summed E-state index contributed by atoms with van der Waals surface area (Å²) in [6.07, 6.45) is 14.2. The summed E-state index contributed by atoms with van der Waals surface area (Å²) in [5, 5.41) is 0. The van der Waals surface area contributed by atoms with E-state index in [0.29, 0.717) is 37.4 Å². The highest BCUT2D eigenvalue weighted by Gasteiger charge is 2.57. The molecule has 5 atom stereocenters. The van der Waals surface area contributed by atoms with Crippen molar-refractivity contribution in [2.45, 2.75) is 110 Å². The number of allylic oxidation sites excluding steroid dienone is 1. The Morgan fingerprint density at radius 2 is 1.88 bits per heavy atom. The van der Waals surface area contributed by atoms with Crippen LogP contribution in [0, 0.1) is 23.2 Å². The van der Waals surface area contributed by atoms with Gasteiger partial charge < -0.3 is 23.7 Å². The largest absolute Gasteiger partial charge is 0.406 e. The maximum atomic E-state index is 11.7. The number of hydrogen-bond donors (Lipinski definition) is 0. The quantitative estimate of drug-likeness (QED) is 0.191. The molecule has 0 bridgehead atoms. The highest BCUT2D eigenvalue weighted by atomic mass is 16.7. The monoisotopic (exact) mass is 465 g/mol. The summed E-state index contributed by atoms with van der Waals surface area (Å²) in [5.74, 6) is 0.707. The van der Waals surface area contributed by atoms with Crippen molar-refractivity contribution in [3.8, 4) is 0 Å². The van der Waals surface area contributed by atoms with Crippen molar-refractivity contribution in [2.24, 2.45) is 23.2 Å². The molecule has 0 spiro atoms. The average Bonchev–Trinajstić information content (AvgIpc) is 3.52. The van der Waals surface area contributed by atoms with Crippen LogP contribution in [0.25, 0.3) is 0 Å². The summed E-state index contributed by atoms with van der Waals surface area (Å²) in [6, 6.07) is 0. The molecule has 2 aliphatic heterocycles. The second-order valence-corrected chi connectivity index (χ2v) is 11.3. The average molecular weight is 466 g/mol. The second kappa shape index (κ2) is 11.8. The third kappa shape index (κ3) is 6.68. The predicted molar refractivity (Wildman–Crippen MR) is 132 cm³/mol. The SMILES string of the molecule is CC[C@H](C)/C(=C\CC[C@H](C)CC[C@@]1(CC=O)CCC[C@@H]1C1(C)OCC[OH+]1)CC1(C)OCCO1. The van der Waals surface area contributed by atoms with Crippen LogP contribution in [-0.2, 0) is 19.0 Å². The van der Waals surface area contributed by atoms with Gasteiger partial charge in [-0.05, 0) is 62.7 Å². The lowest BCUT2D eigenvalue weighted by atomic mass is 9.68. The van der Waals surface area contributed by atoms with Gasteiger partial charge in [-0.15, -0.1) is 0 Å². The number of carbonyl (C=O) groups excluding carboxylic acids is 1. The minimum absolute atomic E-state index is 0.0576. The minimum Gasteiger partial charge on any atom is -0.406 e. The van der Waals surface area contributed by atoms with Gasteiger partial charge in [-0.2, -0.15) is 0 Å². The first-order valence-corrected chi connectivity index (χ1v) is 13.5. The topological polar surface area (TPSA) is 57.6 Å². The molecule has 2 saturated heterocycles. The molecule has 0 aromatic heterocycles. The zero-order valence-corrected chi connectivity index (χ0v) is 21.9. The van der Waals surface area contributed by atoms with E-state index < -0.39 is 11.6 Å². The Morgan fingerprint density at radius 1 is 1.12 bits per heavy atom. The van der Waals surface area contributed by atoms with Crippen molar-refractivity contribution in [1.29, 1.82) is 0 Å². The molecule has 0 aromatic rings. The standard InChI is InChI=1S/C28H48O5/c1-6-23(3)24(21-26(4)30-17-18-31-26)10-7-9-22(2)12-14-28(15-16-29)13-8-11-25(28)27(5)32-19-20-33-27/h10,16,22-23,25H,6-9,11-15,17-21H2,1-5H3/p+1/b24-10-/t22-,23-,25+,28+/m0/s1. The maximum absolute atomic E-state index is 11.7. The molecule has 1 N–H and O–H groups in total. The van der Waals surface area contributed by atoms with Gasteiger partial charge in [0.25, 0.3) is 5.79 Å². The molecule has 1 aliphatic carbocycles. The Morgan fingerprint density at radius 3 is 2.52 bits per heavy atom. The summed E-state index contributed by atoms with van der Waals surface area (Å²) in [4.78, 5) is 11.7. The highest BCUT2D eigenvalue weighted by molar-refractivity contribution is 5.51. The van der Waals surface area contributed by atoms with E-state index in [1.165, 1.54) is 18.4 Å². The van der Waals surface area contributed by atoms with Crippen molar-refractivity contribution in [1.82, 2.24) is 0 Å².